The molecule has 0 radical (unpaired) electrons. The maximum Gasteiger partial charge on any atom is 0.418 e. The van der Waals surface area contributed by atoms with Gasteiger partial charge in [-0.1, -0.05) is 19.9 Å². The van der Waals surface area contributed by atoms with Crippen molar-refractivity contribution in [1.29, 1.82) is 0 Å². The second-order valence-corrected chi connectivity index (χ2v) is 11.7. The summed E-state index contributed by atoms with van der Waals surface area (Å²) in [6.45, 7) is 11.0. The van der Waals surface area contributed by atoms with E-state index in [1.165, 1.54) is 6.07 Å². The largest absolute Gasteiger partial charge is 0.444 e. The maximum atomic E-state index is 14.3. The van der Waals surface area contributed by atoms with Gasteiger partial charge in [0.05, 0.1) is 17.8 Å². The molecule has 0 aliphatic carbocycles. The topological polar surface area (TPSA) is 59.8 Å². The Morgan fingerprint density at radius 1 is 1.16 bits per heavy atom. The van der Waals surface area contributed by atoms with Crippen molar-refractivity contribution in [3.8, 4) is 11.1 Å². The lowest BCUT2D eigenvalue weighted by atomic mass is 9.98. The van der Waals surface area contributed by atoms with Gasteiger partial charge in [0.25, 0.3) is 0 Å². The van der Waals surface area contributed by atoms with Crippen molar-refractivity contribution in [2.45, 2.75) is 84.3 Å². The molecule has 2 fully saturated rings. The van der Waals surface area contributed by atoms with Crippen LogP contribution in [0.25, 0.3) is 11.1 Å². The minimum Gasteiger partial charge on any atom is -0.444 e. The molecule has 1 amide bonds. The summed E-state index contributed by atoms with van der Waals surface area (Å²) in [6, 6.07) is 4.21. The lowest BCUT2D eigenvalue weighted by molar-refractivity contribution is -0.137. The molecule has 2 atom stereocenters. The summed E-state index contributed by atoms with van der Waals surface area (Å²) in [7, 11) is 0. The van der Waals surface area contributed by atoms with Crippen LogP contribution >= 0.6 is 0 Å². The highest BCUT2D eigenvalue weighted by molar-refractivity contribution is 5.71. The van der Waals surface area contributed by atoms with Gasteiger partial charge in [0.1, 0.15) is 11.8 Å². The SMILES string of the molecule is CC(C)CC1CN(c2ccc(-c3cnn(C4CCCCO4)c3)cc2C(F)(F)F)CCN1C(=O)OC(C)(C)C. The van der Waals surface area contributed by atoms with Crippen LogP contribution in [-0.4, -0.2) is 58.7 Å². The molecule has 0 saturated carbocycles. The molecule has 4 rings (SSSR count). The molecule has 38 heavy (non-hydrogen) atoms. The van der Waals surface area contributed by atoms with Gasteiger partial charge in [-0.2, -0.15) is 18.3 Å². The number of hydrogen-bond acceptors (Lipinski definition) is 5. The molecule has 7 nitrogen and oxygen atoms in total. The average Bonchev–Trinajstić information content (AvgIpc) is 3.32. The van der Waals surface area contributed by atoms with Crippen LogP contribution in [0.15, 0.2) is 30.6 Å². The molecule has 1 aromatic carbocycles. The number of alkyl halides is 3. The highest BCUT2D eigenvalue weighted by atomic mass is 19.4. The molecule has 2 aliphatic heterocycles. The number of ether oxygens (including phenoxy) is 2. The first-order valence-corrected chi connectivity index (χ1v) is 13.4. The van der Waals surface area contributed by atoms with E-state index in [-0.39, 0.29) is 30.4 Å². The molecular weight excluding hydrogens is 497 g/mol. The molecule has 0 bridgehead atoms. The molecule has 2 saturated heterocycles. The van der Waals surface area contributed by atoms with Crippen LogP contribution in [0.2, 0.25) is 0 Å². The van der Waals surface area contributed by atoms with Gasteiger partial charge in [-0.25, -0.2) is 9.48 Å². The normalized spacial score (nSPS) is 21.2. The third-order valence-corrected chi connectivity index (χ3v) is 6.88. The number of aromatic nitrogens is 2. The monoisotopic (exact) mass is 536 g/mol. The number of carbonyl (C=O) groups is 1. The molecule has 3 heterocycles. The van der Waals surface area contributed by atoms with E-state index in [1.54, 1.807) is 39.0 Å². The van der Waals surface area contributed by atoms with Crippen molar-refractivity contribution in [1.82, 2.24) is 14.7 Å². The Balaban J connectivity index is 1.59. The van der Waals surface area contributed by atoms with Crippen LogP contribution < -0.4 is 4.90 Å². The van der Waals surface area contributed by atoms with Gasteiger partial charge in [-0.05, 0) is 70.1 Å². The van der Waals surface area contributed by atoms with Crippen molar-refractivity contribution in [3.05, 3.63) is 36.2 Å². The number of piperazine rings is 1. The summed E-state index contributed by atoms with van der Waals surface area (Å²) in [5.74, 6) is 0.263. The Hall–Kier alpha value is -2.75. The Kier molecular flexibility index (Phi) is 8.30. The van der Waals surface area contributed by atoms with Gasteiger partial charge in [0.2, 0.25) is 0 Å². The van der Waals surface area contributed by atoms with Crippen molar-refractivity contribution in [3.63, 3.8) is 0 Å². The third kappa shape index (κ3) is 6.81. The van der Waals surface area contributed by atoms with E-state index >= 15 is 0 Å². The Morgan fingerprint density at radius 3 is 2.55 bits per heavy atom. The molecule has 0 spiro atoms. The predicted octanol–water partition coefficient (Wildman–Crippen LogP) is 6.74. The first kappa shape index (κ1) is 28.3. The molecule has 2 unspecified atom stereocenters. The van der Waals surface area contributed by atoms with E-state index in [4.69, 9.17) is 9.47 Å². The number of benzene rings is 1. The highest BCUT2D eigenvalue weighted by Crippen LogP contribution is 2.40. The molecular formula is C28H39F3N4O3. The molecule has 0 N–H and O–H groups in total. The van der Waals surface area contributed by atoms with Gasteiger partial charge in [-0.15, -0.1) is 0 Å². The minimum absolute atomic E-state index is 0.127. The summed E-state index contributed by atoms with van der Waals surface area (Å²) in [5, 5.41) is 4.36. The van der Waals surface area contributed by atoms with Crippen LogP contribution in [0, 0.1) is 5.92 Å². The fraction of sp³-hybridized carbons (Fsp3) is 0.643. The lowest BCUT2D eigenvalue weighted by Crippen LogP contribution is -2.56. The smallest absolute Gasteiger partial charge is 0.418 e. The van der Waals surface area contributed by atoms with Crippen LogP contribution in [0.4, 0.5) is 23.7 Å². The number of amides is 1. The van der Waals surface area contributed by atoms with E-state index in [1.807, 2.05) is 34.6 Å². The van der Waals surface area contributed by atoms with Crippen LogP contribution in [0.1, 0.15) is 72.1 Å². The fourth-order valence-corrected chi connectivity index (χ4v) is 5.18. The first-order chi connectivity index (χ1) is 17.8. The Labute approximate surface area is 222 Å². The van der Waals surface area contributed by atoms with Crippen LogP contribution in [0.3, 0.4) is 0 Å². The number of anilines is 1. The van der Waals surface area contributed by atoms with Crippen molar-refractivity contribution < 1.29 is 27.4 Å². The van der Waals surface area contributed by atoms with Crippen LogP contribution in [-0.2, 0) is 15.7 Å². The zero-order valence-corrected chi connectivity index (χ0v) is 22.9. The number of halogens is 3. The summed E-state index contributed by atoms with van der Waals surface area (Å²) in [5.41, 5.74) is -0.141. The van der Waals surface area contributed by atoms with Crippen molar-refractivity contribution in [2.24, 2.45) is 5.92 Å². The molecule has 1 aromatic heterocycles. The molecule has 10 heteroatoms. The quantitative estimate of drug-likeness (QED) is 0.424. The van der Waals surface area contributed by atoms with E-state index in [9.17, 15) is 18.0 Å². The van der Waals surface area contributed by atoms with Crippen LogP contribution in [0.5, 0.6) is 0 Å². The Bertz CT molecular complexity index is 1100. The third-order valence-electron chi connectivity index (χ3n) is 6.88. The summed E-state index contributed by atoms with van der Waals surface area (Å²) < 4.78 is 56.1. The van der Waals surface area contributed by atoms with Gasteiger partial charge in [0, 0.05) is 43.7 Å². The second kappa shape index (κ2) is 11.2. The fourth-order valence-electron chi connectivity index (χ4n) is 5.18. The zero-order valence-electron chi connectivity index (χ0n) is 22.9. The molecule has 2 aromatic rings. The van der Waals surface area contributed by atoms with E-state index in [0.29, 0.717) is 37.2 Å². The summed E-state index contributed by atoms with van der Waals surface area (Å²) >= 11 is 0. The first-order valence-electron chi connectivity index (χ1n) is 13.4. The summed E-state index contributed by atoms with van der Waals surface area (Å²) in [6.07, 6.45) is 1.74. The number of carbonyl (C=O) groups excluding carboxylic acids is 1. The number of rotatable bonds is 5. The number of hydrogen-bond donors (Lipinski definition) is 0. The van der Waals surface area contributed by atoms with Crippen molar-refractivity contribution in [2.75, 3.05) is 31.1 Å². The zero-order chi connectivity index (χ0) is 27.7. The van der Waals surface area contributed by atoms with Gasteiger partial charge < -0.3 is 19.3 Å². The van der Waals surface area contributed by atoms with E-state index in [2.05, 4.69) is 5.10 Å². The highest BCUT2D eigenvalue weighted by Gasteiger charge is 2.39. The van der Waals surface area contributed by atoms with Crippen molar-refractivity contribution >= 4 is 11.8 Å². The summed E-state index contributed by atoms with van der Waals surface area (Å²) in [4.78, 5) is 16.3. The van der Waals surface area contributed by atoms with Gasteiger partial charge in [0.15, 0.2) is 0 Å². The van der Waals surface area contributed by atoms with E-state index < -0.39 is 23.4 Å². The maximum absolute atomic E-state index is 14.3. The van der Waals surface area contributed by atoms with Gasteiger partial charge in [-0.3, -0.25) is 0 Å². The van der Waals surface area contributed by atoms with E-state index in [0.717, 1.165) is 19.3 Å². The lowest BCUT2D eigenvalue weighted by Gasteiger charge is -2.43. The average molecular weight is 537 g/mol. The minimum atomic E-state index is -4.54. The van der Waals surface area contributed by atoms with Gasteiger partial charge >= 0.3 is 12.3 Å². The standard InChI is InChI=1S/C28H39F3N4O3/c1-19(2)14-22-18-33(11-12-34(22)26(36)38-27(3,4)5)24-10-9-20(15-23(24)28(29,30)31)21-16-32-35(17-21)25-8-6-7-13-37-25/h9-10,15-17,19,22,25H,6-8,11-14,18H2,1-5H3. The number of nitrogens with zero attached hydrogens (tertiary/aromatic N) is 4. The predicted molar refractivity (Wildman–Crippen MR) is 140 cm³/mol. The second-order valence-electron chi connectivity index (χ2n) is 11.7. The molecule has 2 aliphatic rings. The Morgan fingerprint density at radius 2 is 1.92 bits per heavy atom. The molecule has 210 valence electrons.